The average Bonchev–Trinajstić information content (AvgIpc) is 2.32. The van der Waals surface area contributed by atoms with Crippen LogP contribution in [0.3, 0.4) is 0 Å². The van der Waals surface area contributed by atoms with Gasteiger partial charge in [-0.2, -0.15) is 21.6 Å². The van der Waals surface area contributed by atoms with Crippen LogP contribution in [0.5, 0.6) is 5.88 Å². The fraction of sp³-hybridized carbons (Fsp3) is 0.100. The molecule has 0 unspecified atom stereocenters. The molecule has 0 bridgehead atoms. The van der Waals surface area contributed by atoms with Crippen molar-refractivity contribution >= 4 is 32.5 Å². The van der Waals surface area contributed by atoms with Crippen molar-refractivity contribution in [2.75, 3.05) is 0 Å². The highest BCUT2D eigenvalue weighted by Crippen LogP contribution is 2.30. The normalized spacial score (nSPS) is 12.7. The molecule has 0 radical (unpaired) electrons. The molecular weight excluding hydrogens is 326 g/mol. The van der Waals surface area contributed by atoms with Gasteiger partial charge in [0.05, 0.1) is 5.02 Å². The van der Waals surface area contributed by atoms with Gasteiger partial charge < -0.3 is 4.18 Å². The molecule has 10 heteroatoms. The quantitative estimate of drug-likeness (QED) is 0.482. The molecule has 0 saturated carbocycles. The lowest BCUT2D eigenvalue weighted by atomic mass is 10.2. The van der Waals surface area contributed by atoms with E-state index in [4.69, 9.17) is 11.6 Å². The van der Waals surface area contributed by atoms with Gasteiger partial charge in [-0.05, 0) is 11.5 Å². The monoisotopic (exact) mass is 329 g/mol. The predicted molar refractivity (Wildman–Crippen MR) is 62.3 cm³/mol. The Morgan fingerprint density at radius 3 is 2.50 bits per heavy atom. The smallest absolute Gasteiger partial charge is 0.355 e. The summed E-state index contributed by atoms with van der Waals surface area (Å²) in [5.41, 5.74) is -5.57. The highest BCUT2D eigenvalue weighted by molar-refractivity contribution is 7.87. The number of nitrogens with zero attached hydrogens (tertiary/aromatic N) is 1. The molecule has 0 spiro atoms. The molecule has 1 heterocycles. The van der Waals surface area contributed by atoms with Crippen LogP contribution in [0.2, 0.25) is 5.02 Å². The third-order valence-electron chi connectivity index (χ3n) is 2.24. The number of benzene rings is 1. The van der Waals surface area contributed by atoms with Crippen molar-refractivity contribution in [2.45, 2.75) is 5.51 Å². The summed E-state index contributed by atoms with van der Waals surface area (Å²) in [5, 5.41) is 0.0161. The third-order valence-corrected chi connectivity index (χ3v) is 3.59. The van der Waals surface area contributed by atoms with Gasteiger partial charge in [-0.15, -0.1) is 0 Å². The fourth-order valence-electron chi connectivity index (χ4n) is 1.34. The van der Waals surface area contributed by atoms with Gasteiger partial charge in [-0.3, -0.25) is 0 Å². The molecule has 20 heavy (non-hydrogen) atoms. The van der Waals surface area contributed by atoms with Crippen LogP contribution in [0, 0.1) is 5.82 Å². The first-order valence-electron chi connectivity index (χ1n) is 4.86. The highest BCUT2D eigenvalue weighted by Gasteiger charge is 2.48. The molecule has 0 N–H and O–H groups in total. The van der Waals surface area contributed by atoms with Crippen LogP contribution >= 0.6 is 11.6 Å². The minimum absolute atomic E-state index is 0.114. The van der Waals surface area contributed by atoms with Gasteiger partial charge in [-0.25, -0.2) is 9.37 Å². The molecule has 1 aromatic heterocycles. The first-order chi connectivity index (χ1) is 9.12. The van der Waals surface area contributed by atoms with E-state index in [1.807, 2.05) is 0 Å². The highest BCUT2D eigenvalue weighted by atomic mass is 35.5. The van der Waals surface area contributed by atoms with Gasteiger partial charge in [0.1, 0.15) is 5.82 Å². The molecular formula is C10H4ClF4NO3S. The van der Waals surface area contributed by atoms with Crippen molar-refractivity contribution in [3.63, 3.8) is 0 Å². The molecule has 0 fully saturated rings. The second-order valence-corrected chi connectivity index (χ2v) is 5.50. The van der Waals surface area contributed by atoms with E-state index in [0.717, 1.165) is 18.3 Å². The van der Waals surface area contributed by atoms with Crippen LogP contribution in [0.15, 0.2) is 24.4 Å². The van der Waals surface area contributed by atoms with Crippen LogP contribution in [0.4, 0.5) is 17.6 Å². The predicted octanol–water partition coefficient (Wildman–Crippen LogP) is 3.26. The first kappa shape index (κ1) is 14.8. The number of fused-ring (bicyclic) bond motifs is 1. The third kappa shape index (κ3) is 2.63. The van der Waals surface area contributed by atoms with E-state index in [1.165, 1.54) is 6.07 Å². The molecule has 4 nitrogen and oxygen atoms in total. The molecule has 0 atom stereocenters. The Morgan fingerprint density at radius 2 is 1.90 bits per heavy atom. The Bertz CT molecular complexity index is 776. The second kappa shape index (κ2) is 4.74. The summed E-state index contributed by atoms with van der Waals surface area (Å²) >= 11 is 5.63. The maximum atomic E-state index is 13.1. The van der Waals surface area contributed by atoms with Crippen LogP contribution in [0.25, 0.3) is 10.8 Å². The zero-order valence-electron chi connectivity index (χ0n) is 9.28. The number of rotatable bonds is 2. The number of hydrogen-bond acceptors (Lipinski definition) is 4. The van der Waals surface area contributed by atoms with Crippen molar-refractivity contribution in [2.24, 2.45) is 0 Å². The summed E-state index contributed by atoms with van der Waals surface area (Å²) in [6.07, 6.45) is 0.919. The first-order valence-corrected chi connectivity index (χ1v) is 6.65. The van der Waals surface area contributed by atoms with Crippen LogP contribution < -0.4 is 4.18 Å². The molecule has 1 aromatic carbocycles. The Labute approximate surface area is 115 Å². The Kier molecular flexibility index (Phi) is 3.51. The summed E-state index contributed by atoms with van der Waals surface area (Å²) in [7, 11) is -5.81. The lowest BCUT2D eigenvalue weighted by Crippen LogP contribution is -2.28. The molecule has 0 aliphatic carbocycles. The van der Waals surface area contributed by atoms with Gasteiger partial charge in [0.2, 0.25) is 5.88 Å². The Hall–Kier alpha value is -1.61. The number of aromatic nitrogens is 1. The number of alkyl halides is 3. The molecule has 0 saturated heterocycles. The summed E-state index contributed by atoms with van der Waals surface area (Å²) in [4.78, 5) is 3.36. The zero-order valence-corrected chi connectivity index (χ0v) is 10.9. The SMILES string of the molecule is O=S(=O)(Oc1cc2ccc(F)c(Cl)c2cn1)C(F)(F)F. The minimum Gasteiger partial charge on any atom is -0.355 e. The van der Waals surface area contributed by atoms with E-state index in [9.17, 15) is 26.0 Å². The summed E-state index contributed by atoms with van der Waals surface area (Å²) in [6, 6.07) is 3.09. The summed E-state index contributed by atoms with van der Waals surface area (Å²) in [6.45, 7) is 0. The van der Waals surface area contributed by atoms with Gasteiger partial charge in [-0.1, -0.05) is 17.7 Å². The topological polar surface area (TPSA) is 56.3 Å². The molecule has 0 aliphatic rings. The van der Waals surface area contributed by atoms with E-state index in [2.05, 4.69) is 9.17 Å². The zero-order chi connectivity index (χ0) is 15.1. The van der Waals surface area contributed by atoms with Crippen molar-refractivity contribution in [1.82, 2.24) is 4.98 Å². The molecule has 0 aliphatic heterocycles. The molecule has 2 aromatic rings. The maximum absolute atomic E-state index is 13.1. The van der Waals surface area contributed by atoms with Gasteiger partial charge in [0, 0.05) is 17.6 Å². The lowest BCUT2D eigenvalue weighted by Gasteiger charge is -2.09. The van der Waals surface area contributed by atoms with Gasteiger partial charge >= 0.3 is 15.6 Å². The lowest BCUT2D eigenvalue weighted by molar-refractivity contribution is -0.0501. The largest absolute Gasteiger partial charge is 0.534 e. The number of halogens is 5. The Morgan fingerprint density at radius 1 is 1.25 bits per heavy atom. The molecule has 108 valence electrons. The van der Waals surface area contributed by atoms with Gasteiger partial charge in [0.25, 0.3) is 0 Å². The van der Waals surface area contributed by atoms with Crippen molar-refractivity contribution < 1.29 is 30.2 Å². The van der Waals surface area contributed by atoms with Crippen LogP contribution in [-0.4, -0.2) is 18.9 Å². The number of hydrogen-bond donors (Lipinski definition) is 0. The second-order valence-electron chi connectivity index (χ2n) is 3.59. The number of pyridine rings is 1. The van der Waals surface area contributed by atoms with Crippen molar-refractivity contribution in [1.29, 1.82) is 0 Å². The standard InChI is InChI=1S/C10H4ClF4NO3S/c11-9-6-4-16-8(3-5(6)1-2-7(9)12)19-20(17,18)10(13,14)15/h1-4H. The summed E-state index contributed by atoms with van der Waals surface area (Å²) < 4.78 is 75.0. The maximum Gasteiger partial charge on any atom is 0.534 e. The minimum atomic E-state index is -5.81. The van der Waals surface area contributed by atoms with E-state index in [1.54, 1.807) is 0 Å². The van der Waals surface area contributed by atoms with Crippen molar-refractivity contribution in [3.05, 3.63) is 35.2 Å². The van der Waals surface area contributed by atoms with Crippen LogP contribution in [-0.2, 0) is 10.1 Å². The van der Waals surface area contributed by atoms with E-state index in [-0.39, 0.29) is 15.8 Å². The van der Waals surface area contributed by atoms with E-state index in [0.29, 0.717) is 0 Å². The van der Waals surface area contributed by atoms with Crippen molar-refractivity contribution in [3.8, 4) is 5.88 Å². The van der Waals surface area contributed by atoms with E-state index < -0.39 is 27.3 Å². The Balaban J connectivity index is 2.47. The van der Waals surface area contributed by atoms with Gasteiger partial charge in [0.15, 0.2) is 0 Å². The summed E-state index contributed by atoms with van der Waals surface area (Å²) in [5.74, 6) is -1.53. The van der Waals surface area contributed by atoms with E-state index >= 15 is 0 Å². The molecule has 0 amide bonds. The molecule has 2 rings (SSSR count). The average molecular weight is 330 g/mol. The fourth-order valence-corrected chi connectivity index (χ4v) is 1.97. The van der Waals surface area contributed by atoms with Crippen LogP contribution in [0.1, 0.15) is 0 Å².